The van der Waals surface area contributed by atoms with Gasteiger partial charge in [-0.15, -0.1) is 0 Å². The highest BCUT2D eigenvalue weighted by atomic mass is 15.3. The highest BCUT2D eigenvalue weighted by Gasteiger charge is 2.14. The fourth-order valence-corrected chi connectivity index (χ4v) is 3.58. The molecule has 2 aliphatic heterocycles. The zero-order chi connectivity index (χ0) is 15.5. The van der Waals surface area contributed by atoms with Crippen molar-refractivity contribution >= 4 is 11.3 Å². The van der Waals surface area contributed by atoms with Crippen molar-refractivity contribution in [2.24, 2.45) is 0 Å². The molecular formula is C17H26N6. The van der Waals surface area contributed by atoms with Crippen LogP contribution in [0.5, 0.6) is 0 Å². The summed E-state index contributed by atoms with van der Waals surface area (Å²) in [6.07, 6.45) is 7.06. The Bertz CT molecular complexity index is 640. The van der Waals surface area contributed by atoms with E-state index in [2.05, 4.69) is 32.3 Å². The van der Waals surface area contributed by atoms with Crippen LogP contribution in [0, 0.1) is 0 Å². The predicted octanol–water partition coefficient (Wildman–Crippen LogP) is 1.17. The van der Waals surface area contributed by atoms with Gasteiger partial charge in [0, 0.05) is 57.1 Å². The number of fused-ring (bicyclic) bond motifs is 1. The van der Waals surface area contributed by atoms with Crippen molar-refractivity contribution in [2.45, 2.75) is 25.7 Å². The number of nitrogens with one attached hydrogen (secondary N) is 1. The first kappa shape index (κ1) is 14.9. The van der Waals surface area contributed by atoms with Gasteiger partial charge in [0.1, 0.15) is 0 Å². The Labute approximate surface area is 137 Å². The average Bonchev–Trinajstić information content (AvgIpc) is 3.04. The van der Waals surface area contributed by atoms with E-state index in [1.165, 1.54) is 38.0 Å². The standard InChI is InChI=1S/C17H26N6/c1-2-8-21(9-3-1)10-5-16-19-17-14-15(4-11-23(17)20-16)22-12-6-18-7-13-22/h4,11,14,18H,1-3,5-10,12-13H2. The first-order valence-electron chi connectivity index (χ1n) is 8.92. The molecule has 0 spiro atoms. The first-order chi connectivity index (χ1) is 11.4. The summed E-state index contributed by atoms with van der Waals surface area (Å²) in [7, 11) is 0. The van der Waals surface area contributed by atoms with Gasteiger partial charge in [0.25, 0.3) is 0 Å². The number of aromatic nitrogens is 3. The van der Waals surface area contributed by atoms with Crippen molar-refractivity contribution in [1.82, 2.24) is 24.8 Å². The largest absolute Gasteiger partial charge is 0.369 e. The molecule has 0 aromatic carbocycles. The molecule has 2 aromatic heterocycles. The topological polar surface area (TPSA) is 48.7 Å². The van der Waals surface area contributed by atoms with E-state index in [1.807, 2.05) is 10.7 Å². The molecule has 2 aliphatic rings. The number of piperazine rings is 1. The lowest BCUT2D eigenvalue weighted by Crippen LogP contribution is -2.43. The van der Waals surface area contributed by atoms with Crippen LogP contribution in [0.1, 0.15) is 25.1 Å². The van der Waals surface area contributed by atoms with E-state index in [-0.39, 0.29) is 0 Å². The SMILES string of the molecule is c1cn2nc(CCN3CCCCC3)nc2cc1N1CCNCC1. The molecule has 0 radical (unpaired) electrons. The fourth-order valence-electron chi connectivity index (χ4n) is 3.58. The normalized spacial score (nSPS) is 20.3. The summed E-state index contributed by atoms with van der Waals surface area (Å²) in [5, 5.41) is 8.03. The second-order valence-electron chi connectivity index (χ2n) is 6.61. The Morgan fingerprint density at radius 3 is 2.70 bits per heavy atom. The van der Waals surface area contributed by atoms with E-state index >= 15 is 0 Å². The summed E-state index contributed by atoms with van der Waals surface area (Å²) in [6, 6.07) is 4.32. The monoisotopic (exact) mass is 314 g/mol. The van der Waals surface area contributed by atoms with Crippen molar-refractivity contribution in [1.29, 1.82) is 0 Å². The Kier molecular flexibility index (Phi) is 4.43. The first-order valence-corrected chi connectivity index (χ1v) is 8.92. The Hall–Kier alpha value is -1.66. The number of anilines is 1. The van der Waals surface area contributed by atoms with Crippen LogP contribution >= 0.6 is 0 Å². The number of rotatable bonds is 4. The van der Waals surface area contributed by atoms with Gasteiger partial charge in [-0.25, -0.2) is 9.50 Å². The highest BCUT2D eigenvalue weighted by molar-refractivity contribution is 5.56. The lowest BCUT2D eigenvalue weighted by Gasteiger charge is -2.29. The third kappa shape index (κ3) is 3.48. The van der Waals surface area contributed by atoms with E-state index in [4.69, 9.17) is 4.98 Å². The minimum Gasteiger partial charge on any atom is -0.369 e. The molecule has 4 rings (SSSR count). The second kappa shape index (κ2) is 6.84. The van der Waals surface area contributed by atoms with Gasteiger partial charge in [0.2, 0.25) is 0 Å². The van der Waals surface area contributed by atoms with Gasteiger partial charge >= 0.3 is 0 Å². The van der Waals surface area contributed by atoms with Crippen molar-refractivity contribution in [3.05, 3.63) is 24.2 Å². The summed E-state index contributed by atoms with van der Waals surface area (Å²) in [6.45, 7) is 7.79. The molecule has 23 heavy (non-hydrogen) atoms. The smallest absolute Gasteiger partial charge is 0.157 e. The average molecular weight is 314 g/mol. The lowest BCUT2D eigenvalue weighted by atomic mass is 10.1. The van der Waals surface area contributed by atoms with Gasteiger partial charge in [-0.2, -0.15) is 5.10 Å². The fraction of sp³-hybridized carbons (Fsp3) is 0.647. The molecule has 0 unspecified atom stereocenters. The van der Waals surface area contributed by atoms with E-state index in [9.17, 15) is 0 Å². The minimum atomic E-state index is 0.949. The van der Waals surface area contributed by atoms with E-state index in [1.54, 1.807) is 0 Å². The number of likely N-dealkylation sites (tertiary alicyclic amines) is 1. The van der Waals surface area contributed by atoms with Crippen molar-refractivity contribution in [2.75, 3.05) is 50.7 Å². The number of nitrogens with zero attached hydrogens (tertiary/aromatic N) is 5. The Balaban J connectivity index is 1.44. The van der Waals surface area contributed by atoms with Crippen LogP contribution < -0.4 is 10.2 Å². The summed E-state index contributed by atoms with van der Waals surface area (Å²) < 4.78 is 1.91. The predicted molar refractivity (Wildman–Crippen MR) is 92.1 cm³/mol. The maximum absolute atomic E-state index is 4.74. The zero-order valence-electron chi connectivity index (χ0n) is 13.7. The third-order valence-electron chi connectivity index (χ3n) is 4.95. The number of piperidine rings is 1. The highest BCUT2D eigenvalue weighted by Crippen LogP contribution is 2.17. The van der Waals surface area contributed by atoms with Gasteiger partial charge in [0.15, 0.2) is 11.5 Å². The van der Waals surface area contributed by atoms with E-state index in [0.29, 0.717) is 0 Å². The molecule has 0 aliphatic carbocycles. The van der Waals surface area contributed by atoms with Crippen molar-refractivity contribution in [3.63, 3.8) is 0 Å². The number of hydrogen-bond donors (Lipinski definition) is 1. The molecule has 4 heterocycles. The zero-order valence-corrected chi connectivity index (χ0v) is 13.7. The number of hydrogen-bond acceptors (Lipinski definition) is 5. The van der Waals surface area contributed by atoms with Crippen LogP contribution in [-0.4, -0.2) is 65.3 Å². The molecule has 6 heteroatoms. The summed E-state index contributed by atoms with van der Waals surface area (Å²) in [4.78, 5) is 9.69. The molecule has 6 nitrogen and oxygen atoms in total. The van der Waals surface area contributed by atoms with Crippen LogP contribution in [0.25, 0.3) is 5.65 Å². The lowest BCUT2D eigenvalue weighted by molar-refractivity contribution is 0.230. The minimum absolute atomic E-state index is 0.949. The van der Waals surface area contributed by atoms with Crippen LogP contribution in [0.15, 0.2) is 18.3 Å². The van der Waals surface area contributed by atoms with Crippen LogP contribution in [-0.2, 0) is 6.42 Å². The van der Waals surface area contributed by atoms with Gasteiger partial charge < -0.3 is 15.1 Å². The maximum Gasteiger partial charge on any atom is 0.157 e. The number of pyridine rings is 1. The molecule has 1 N–H and O–H groups in total. The van der Waals surface area contributed by atoms with Crippen LogP contribution in [0.2, 0.25) is 0 Å². The molecule has 0 atom stereocenters. The molecule has 2 saturated heterocycles. The summed E-state index contributed by atoms with van der Waals surface area (Å²) in [5.41, 5.74) is 2.23. The quantitative estimate of drug-likeness (QED) is 0.918. The van der Waals surface area contributed by atoms with Crippen LogP contribution in [0.4, 0.5) is 5.69 Å². The van der Waals surface area contributed by atoms with E-state index < -0.39 is 0 Å². The van der Waals surface area contributed by atoms with Gasteiger partial charge in [-0.3, -0.25) is 0 Å². The van der Waals surface area contributed by atoms with Crippen molar-refractivity contribution < 1.29 is 0 Å². The van der Waals surface area contributed by atoms with Gasteiger partial charge in [-0.05, 0) is 32.0 Å². The molecule has 124 valence electrons. The molecule has 0 amide bonds. The molecule has 2 aromatic rings. The summed E-state index contributed by atoms with van der Waals surface area (Å²) >= 11 is 0. The second-order valence-corrected chi connectivity index (χ2v) is 6.61. The molecule has 0 bridgehead atoms. The van der Waals surface area contributed by atoms with Gasteiger partial charge in [0.05, 0.1) is 0 Å². The van der Waals surface area contributed by atoms with Crippen LogP contribution in [0.3, 0.4) is 0 Å². The Morgan fingerprint density at radius 1 is 1.04 bits per heavy atom. The molecule has 0 saturated carbocycles. The Morgan fingerprint density at radius 2 is 1.87 bits per heavy atom. The van der Waals surface area contributed by atoms with Gasteiger partial charge in [-0.1, -0.05) is 6.42 Å². The maximum atomic E-state index is 4.74. The summed E-state index contributed by atoms with van der Waals surface area (Å²) in [5.74, 6) is 0.966. The van der Waals surface area contributed by atoms with E-state index in [0.717, 1.165) is 50.6 Å². The molecule has 2 fully saturated rings. The molecular weight excluding hydrogens is 288 g/mol. The third-order valence-corrected chi connectivity index (χ3v) is 4.95. The van der Waals surface area contributed by atoms with Crippen molar-refractivity contribution in [3.8, 4) is 0 Å².